The van der Waals surface area contributed by atoms with Crippen molar-refractivity contribution < 1.29 is 0 Å². The molecule has 1 N–H and O–H groups in total. The van der Waals surface area contributed by atoms with Gasteiger partial charge in [0.25, 0.3) is 0 Å². The highest BCUT2D eigenvalue weighted by Crippen LogP contribution is 2.32. The average molecular weight is 316 g/mol. The van der Waals surface area contributed by atoms with Crippen LogP contribution in [0.4, 0.5) is 10.8 Å². The molecule has 1 fully saturated rings. The summed E-state index contributed by atoms with van der Waals surface area (Å²) >= 11 is 1.67. The van der Waals surface area contributed by atoms with Crippen molar-refractivity contribution in [2.24, 2.45) is 5.10 Å². The quantitative estimate of drug-likeness (QED) is 0.646. The monoisotopic (exact) mass is 316 g/mol. The number of fused-ring (bicyclic) bond motifs is 1. The Hall–Kier alpha value is -1.62. The Bertz CT molecular complexity index is 676. The van der Waals surface area contributed by atoms with Gasteiger partial charge in [0.15, 0.2) is 0 Å². The first-order chi connectivity index (χ1) is 10.7. The van der Waals surface area contributed by atoms with Gasteiger partial charge in [0.1, 0.15) is 0 Å². The van der Waals surface area contributed by atoms with E-state index < -0.39 is 0 Å². The molecule has 22 heavy (non-hydrogen) atoms. The van der Waals surface area contributed by atoms with Crippen molar-refractivity contribution in [3.63, 3.8) is 0 Å². The number of nitrogens with one attached hydrogen (secondary N) is 1. The third-order valence-electron chi connectivity index (χ3n) is 4.36. The van der Waals surface area contributed by atoms with Gasteiger partial charge in [-0.05, 0) is 57.7 Å². The number of aromatic nitrogens is 1. The van der Waals surface area contributed by atoms with Crippen LogP contribution < -0.4 is 10.3 Å². The molecule has 0 aliphatic carbocycles. The second-order valence-electron chi connectivity index (χ2n) is 6.02. The van der Waals surface area contributed by atoms with Crippen molar-refractivity contribution in [3.8, 4) is 0 Å². The van der Waals surface area contributed by atoms with E-state index in [1.807, 2.05) is 6.92 Å². The summed E-state index contributed by atoms with van der Waals surface area (Å²) in [7, 11) is 0. The lowest BCUT2D eigenvalue weighted by atomic mass is 10.0. The fourth-order valence-electron chi connectivity index (χ4n) is 2.84. The molecule has 4 nitrogen and oxygen atoms in total. The van der Waals surface area contributed by atoms with Crippen LogP contribution in [0.25, 0.3) is 10.2 Å². The van der Waals surface area contributed by atoms with Crippen LogP contribution >= 0.6 is 11.3 Å². The molecule has 1 aliphatic rings. The Kier molecular flexibility index (Phi) is 4.62. The molecule has 3 rings (SSSR count). The molecular formula is C17H24N4S. The van der Waals surface area contributed by atoms with Crippen LogP contribution in [0.15, 0.2) is 23.3 Å². The summed E-state index contributed by atoms with van der Waals surface area (Å²) in [6.07, 6.45) is 4.89. The number of thiazole rings is 1. The van der Waals surface area contributed by atoms with Gasteiger partial charge in [-0.25, -0.2) is 4.98 Å². The topological polar surface area (TPSA) is 40.5 Å². The number of hydrazone groups is 1. The van der Waals surface area contributed by atoms with Gasteiger partial charge in [0.05, 0.1) is 10.2 Å². The van der Waals surface area contributed by atoms with Gasteiger partial charge in [-0.1, -0.05) is 18.3 Å². The second kappa shape index (κ2) is 6.65. The molecule has 118 valence electrons. The summed E-state index contributed by atoms with van der Waals surface area (Å²) in [5.41, 5.74) is 6.53. The maximum absolute atomic E-state index is 4.61. The summed E-state index contributed by atoms with van der Waals surface area (Å²) in [5, 5.41) is 5.20. The summed E-state index contributed by atoms with van der Waals surface area (Å²) in [5.74, 6) is 0. The lowest BCUT2D eigenvalue weighted by Crippen LogP contribution is -2.37. The average Bonchev–Trinajstić information content (AvgIpc) is 2.95. The molecule has 0 saturated carbocycles. The molecule has 1 saturated heterocycles. The maximum Gasteiger partial charge on any atom is 0.204 e. The highest BCUT2D eigenvalue weighted by atomic mass is 32.1. The zero-order chi connectivity index (χ0) is 15.5. The van der Waals surface area contributed by atoms with E-state index in [1.165, 1.54) is 29.6 Å². The predicted molar refractivity (Wildman–Crippen MR) is 97.3 cm³/mol. The summed E-state index contributed by atoms with van der Waals surface area (Å²) in [6, 6.07) is 7.24. The van der Waals surface area contributed by atoms with Crippen molar-refractivity contribution in [3.05, 3.63) is 18.2 Å². The molecule has 5 heteroatoms. The normalized spacial score (nSPS) is 19.7. The van der Waals surface area contributed by atoms with Gasteiger partial charge in [0, 0.05) is 24.0 Å². The van der Waals surface area contributed by atoms with E-state index in [9.17, 15) is 0 Å². The van der Waals surface area contributed by atoms with E-state index in [-0.39, 0.29) is 0 Å². The van der Waals surface area contributed by atoms with Crippen LogP contribution in [-0.2, 0) is 0 Å². The van der Waals surface area contributed by atoms with E-state index in [0.29, 0.717) is 6.04 Å². The standard InChI is InChI=1S/C17H24N4S/c1-4-12(2)19-20-17-18-15-9-8-14(11-16(15)22-17)21-10-6-5-7-13(21)3/h8-9,11,13H,4-7,10H2,1-3H3,(H,18,20)/b19-12+/t13-/m0/s1. The van der Waals surface area contributed by atoms with Crippen LogP contribution in [0, 0.1) is 0 Å². The zero-order valence-electron chi connectivity index (χ0n) is 13.6. The highest BCUT2D eigenvalue weighted by molar-refractivity contribution is 7.22. The number of rotatable bonds is 4. The minimum absolute atomic E-state index is 0.633. The highest BCUT2D eigenvalue weighted by Gasteiger charge is 2.19. The van der Waals surface area contributed by atoms with E-state index >= 15 is 0 Å². The maximum atomic E-state index is 4.61. The molecule has 0 amide bonds. The molecule has 0 radical (unpaired) electrons. The summed E-state index contributed by atoms with van der Waals surface area (Å²) in [6.45, 7) is 7.61. The zero-order valence-corrected chi connectivity index (χ0v) is 14.4. The van der Waals surface area contributed by atoms with Crippen LogP contribution in [0.1, 0.15) is 46.5 Å². The minimum atomic E-state index is 0.633. The number of hydrogen-bond acceptors (Lipinski definition) is 5. The van der Waals surface area contributed by atoms with Crippen LogP contribution in [0.3, 0.4) is 0 Å². The molecular weight excluding hydrogens is 292 g/mol. The van der Waals surface area contributed by atoms with E-state index in [0.717, 1.165) is 29.3 Å². The van der Waals surface area contributed by atoms with Gasteiger partial charge in [-0.3, -0.25) is 5.43 Å². The molecule has 0 unspecified atom stereocenters. The summed E-state index contributed by atoms with van der Waals surface area (Å²) < 4.78 is 1.22. The van der Waals surface area contributed by atoms with Gasteiger partial charge in [-0.15, -0.1) is 0 Å². The molecule has 0 bridgehead atoms. The van der Waals surface area contributed by atoms with Crippen LogP contribution in [0.5, 0.6) is 0 Å². The Morgan fingerprint density at radius 1 is 1.45 bits per heavy atom. The lowest BCUT2D eigenvalue weighted by molar-refractivity contribution is 0.485. The Morgan fingerprint density at radius 2 is 2.32 bits per heavy atom. The third-order valence-corrected chi connectivity index (χ3v) is 5.28. The molecule has 1 aliphatic heterocycles. The number of hydrogen-bond donors (Lipinski definition) is 1. The van der Waals surface area contributed by atoms with Crippen molar-refractivity contribution in [2.45, 2.75) is 52.5 Å². The van der Waals surface area contributed by atoms with E-state index in [1.54, 1.807) is 11.3 Å². The Labute approximate surface area is 136 Å². The molecule has 2 heterocycles. The summed E-state index contributed by atoms with van der Waals surface area (Å²) in [4.78, 5) is 7.13. The smallest absolute Gasteiger partial charge is 0.204 e. The SMILES string of the molecule is CC/C(C)=N/Nc1nc2ccc(N3CCCC[C@@H]3C)cc2s1. The first-order valence-corrected chi connectivity index (χ1v) is 8.95. The van der Waals surface area contributed by atoms with Crippen LogP contribution in [-0.4, -0.2) is 23.3 Å². The number of piperidine rings is 1. The van der Waals surface area contributed by atoms with Gasteiger partial charge in [0.2, 0.25) is 5.13 Å². The molecule has 1 atom stereocenters. The third kappa shape index (κ3) is 3.24. The van der Waals surface area contributed by atoms with Crippen molar-refractivity contribution in [2.75, 3.05) is 16.9 Å². The number of nitrogens with zero attached hydrogens (tertiary/aromatic N) is 3. The molecule has 0 spiro atoms. The lowest BCUT2D eigenvalue weighted by Gasteiger charge is -2.35. The first kappa shape index (κ1) is 15.3. The number of benzene rings is 1. The Morgan fingerprint density at radius 3 is 3.09 bits per heavy atom. The van der Waals surface area contributed by atoms with E-state index in [4.69, 9.17) is 0 Å². The minimum Gasteiger partial charge on any atom is -0.369 e. The largest absolute Gasteiger partial charge is 0.369 e. The Balaban J connectivity index is 1.83. The fraction of sp³-hybridized carbons (Fsp3) is 0.529. The van der Waals surface area contributed by atoms with Crippen LogP contribution in [0.2, 0.25) is 0 Å². The van der Waals surface area contributed by atoms with Crippen molar-refractivity contribution >= 4 is 38.1 Å². The molecule has 2 aromatic rings. The second-order valence-corrected chi connectivity index (χ2v) is 7.05. The first-order valence-electron chi connectivity index (χ1n) is 8.14. The van der Waals surface area contributed by atoms with Gasteiger partial charge < -0.3 is 4.90 Å². The molecule has 1 aromatic carbocycles. The number of anilines is 2. The molecule has 1 aromatic heterocycles. The van der Waals surface area contributed by atoms with Crippen molar-refractivity contribution in [1.29, 1.82) is 0 Å². The predicted octanol–water partition coefficient (Wildman–Crippen LogP) is 4.87. The van der Waals surface area contributed by atoms with E-state index in [2.05, 4.69) is 52.5 Å². The fourth-order valence-corrected chi connectivity index (χ4v) is 3.69. The van der Waals surface area contributed by atoms with Gasteiger partial charge >= 0.3 is 0 Å². The van der Waals surface area contributed by atoms with Crippen molar-refractivity contribution in [1.82, 2.24) is 4.98 Å². The van der Waals surface area contributed by atoms with Gasteiger partial charge in [-0.2, -0.15) is 5.10 Å².